The molecule has 0 saturated heterocycles. The van der Waals surface area contributed by atoms with E-state index in [0.29, 0.717) is 16.9 Å². The summed E-state index contributed by atoms with van der Waals surface area (Å²) >= 11 is 1.20. The number of aryl methyl sites for hydroxylation is 1. The Balaban J connectivity index is 1.65. The van der Waals surface area contributed by atoms with Crippen molar-refractivity contribution < 1.29 is 4.79 Å². The first-order valence-electron chi connectivity index (χ1n) is 7.65. The van der Waals surface area contributed by atoms with Crippen LogP contribution >= 0.6 is 11.5 Å². The predicted octanol–water partition coefficient (Wildman–Crippen LogP) is 3.69. The number of nitrogens with zero attached hydrogens (tertiary/aromatic N) is 2. The largest absolute Gasteiger partial charge is 0.334 e. The van der Waals surface area contributed by atoms with Crippen LogP contribution in [0.4, 0.5) is 9.93 Å². The van der Waals surface area contributed by atoms with E-state index in [0.717, 1.165) is 19.3 Å². The van der Waals surface area contributed by atoms with Gasteiger partial charge in [0.05, 0.1) is 0 Å². The summed E-state index contributed by atoms with van der Waals surface area (Å²) in [6, 6.07) is 10.4. The number of aromatic nitrogens is 2. The maximum Gasteiger partial charge on any atom is 0.321 e. The molecule has 0 unspecified atom stereocenters. The maximum atomic E-state index is 12.2. The summed E-state index contributed by atoms with van der Waals surface area (Å²) < 4.78 is 4.07. The minimum absolute atomic E-state index is 0.171. The fourth-order valence-electron chi connectivity index (χ4n) is 3.05. The standard InChI is InChI=1S/C16H20N4OS/c1-11-17-16(22-20-11)19-15(21)18-14-10-6-5-9-13(14)12-7-3-2-4-8-12/h2-4,7-8,13-14H,5-6,9-10H2,1H3,(H2,17,18,19,20,21)/t13-,14+/m0/s1. The highest BCUT2D eigenvalue weighted by atomic mass is 32.1. The monoisotopic (exact) mass is 316 g/mol. The number of hydrogen-bond acceptors (Lipinski definition) is 4. The normalized spacial score (nSPS) is 21.3. The van der Waals surface area contributed by atoms with Gasteiger partial charge in [0.1, 0.15) is 5.82 Å². The van der Waals surface area contributed by atoms with E-state index in [9.17, 15) is 4.79 Å². The van der Waals surface area contributed by atoms with Crippen LogP contribution in [-0.2, 0) is 0 Å². The number of urea groups is 1. The Kier molecular flexibility index (Phi) is 4.68. The fraction of sp³-hybridized carbons (Fsp3) is 0.438. The Hall–Kier alpha value is -1.95. The summed E-state index contributed by atoms with van der Waals surface area (Å²) in [6.07, 6.45) is 4.51. The molecule has 1 aliphatic carbocycles. The van der Waals surface area contributed by atoms with Crippen LogP contribution in [0.2, 0.25) is 0 Å². The van der Waals surface area contributed by atoms with E-state index in [1.165, 1.54) is 23.5 Å². The van der Waals surface area contributed by atoms with Gasteiger partial charge in [0.25, 0.3) is 0 Å². The summed E-state index contributed by atoms with van der Waals surface area (Å²) in [5, 5.41) is 6.43. The number of amides is 2. The minimum atomic E-state index is -0.191. The molecule has 22 heavy (non-hydrogen) atoms. The van der Waals surface area contributed by atoms with Crippen molar-refractivity contribution in [2.24, 2.45) is 0 Å². The lowest BCUT2D eigenvalue weighted by Gasteiger charge is -2.32. The van der Waals surface area contributed by atoms with Gasteiger partial charge in [-0.3, -0.25) is 5.32 Å². The number of anilines is 1. The highest BCUT2D eigenvalue weighted by Crippen LogP contribution is 2.33. The van der Waals surface area contributed by atoms with Crippen LogP contribution in [0.25, 0.3) is 0 Å². The molecule has 6 heteroatoms. The number of hydrogen-bond donors (Lipinski definition) is 2. The van der Waals surface area contributed by atoms with Crippen LogP contribution in [0.5, 0.6) is 0 Å². The molecule has 0 spiro atoms. The third-order valence-corrected chi connectivity index (χ3v) is 4.78. The SMILES string of the molecule is Cc1nsc(NC(=O)N[C@@H]2CCCC[C@H]2c2ccccc2)n1. The van der Waals surface area contributed by atoms with E-state index in [1.807, 2.05) is 13.0 Å². The Morgan fingerprint density at radius 3 is 2.73 bits per heavy atom. The Labute approximate surface area is 134 Å². The molecule has 1 saturated carbocycles. The first kappa shape index (κ1) is 15.0. The average Bonchev–Trinajstić information content (AvgIpc) is 2.93. The summed E-state index contributed by atoms with van der Waals surface area (Å²) in [7, 11) is 0. The Morgan fingerprint density at radius 2 is 2.00 bits per heavy atom. The number of carbonyl (C=O) groups is 1. The number of benzene rings is 1. The summed E-state index contributed by atoms with van der Waals surface area (Å²) in [4.78, 5) is 16.3. The van der Waals surface area contributed by atoms with Gasteiger partial charge in [0.15, 0.2) is 0 Å². The fourth-order valence-corrected chi connectivity index (χ4v) is 3.62. The van der Waals surface area contributed by atoms with Gasteiger partial charge in [-0.05, 0) is 25.3 Å². The summed E-state index contributed by atoms with van der Waals surface area (Å²) in [5.41, 5.74) is 1.30. The number of nitrogens with one attached hydrogen (secondary N) is 2. The van der Waals surface area contributed by atoms with E-state index in [1.54, 1.807) is 0 Å². The van der Waals surface area contributed by atoms with E-state index in [-0.39, 0.29) is 12.1 Å². The van der Waals surface area contributed by atoms with Crippen molar-refractivity contribution >= 4 is 22.7 Å². The number of carbonyl (C=O) groups excluding carboxylic acids is 1. The molecule has 116 valence electrons. The topological polar surface area (TPSA) is 66.9 Å². The summed E-state index contributed by atoms with van der Waals surface area (Å²) in [5.74, 6) is 1.07. The first-order chi connectivity index (χ1) is 10.7. The van der Waals surface area contributed by atoms with Gasteiger partial charge in [-0.25, -0.2) is 9.78 Å². The van der Waals surface area contributed by atoms with Gasteiger partial charge in [0.2, 0.25) is 5.13 Å². The Morgan fingerprint density at radius 1 is 1.23 bits per heavy atom. The van der Waals surface area contributed by atoms with Gasteiger partial charge in [-0.15, -0.1) is 0 Å². The van der Waals surface area contributed by atoms with Crippen molar-refractivity contribution in [3.63, 3.8) is 0 Å². The van der Waals surface area contributed by atoms with E-state index in [4.69, 9.17) is 0 Å². The molecule has 0 bridgehead atoms. The van der Waals surface area contributed by atoms with Gasteiger partial charge in [-0.1, -0.05) is 43.2 Å². The zero-order chi connectivity index (χ0) is 15.4. The lowest BCUT2D eigenvalue weighted by atomic mass is 9.80. The van der Waals surface area contributed by atoms with Crippen molar-refractivity contribution in [1.82, 2.24) is 14.7 Å². The molecule has 5 nitrogen and oxygen atoms in total. The zero-order valence-corrected chi connectivity index (χ0v) is 13.4. The highest BCUT2D eigenvalue weighted by molar-refractivity contribution is 7.09. The smallest absolute Gasteiger partial charge is 0.321 e. The first-order valence-corrected chi connectivity index (χ1v) is 8.42. The van der Waals surface area contributed by atoms with Crippen LogP contribution in [0.3, 0.4) is 0 Å². The molecule has 2 atom stereocenters. The van der Waals surface area contributed by atoms with E-state index >= 15 is 0 Å². The van der Waals surface area contributed by atoms with Crippen LogP contribution < -0.4 is 10.6 Å². The molecule has 1 aromatic carbocycles. The average molecular weight is 316 g/mol. The quantitative estimate of drug-likeness (QED) is 0.907. The molecule has 2 aromatic rings. The molecular formula is C16H20N4OS. The van der Waals surface area contributed by atoms with Crippen LogP contribution in [0.15, 0.2) is 30.3 Å². The second-order valence-electron chi connectivity index (χ2n) is 5.65. The Bertz CT molecular complexity index is 628. The molecule has 3 rings (SSSR count). The molecule has 1 aliphatic rings. The molecule has 0 aliphatic heterocycles. The predicted molar refractivity (Wildman–Crippen MR) is 88.2 cm³/mol. The van der Waals surface area contributed by atoms with Gasteiger partial charge >= 0.3 is 6.03 Å². The highest BCUT2D eigenvalue weighted by Gasteiger charge is 2.27. The van der Waals surface area contributed by atoms with Crippen LogP contribution in [0.1, 0.15) is 43.0 Å². The third kappa shape index (κ3) is 3.62. The van der Waals surface area contributed by atoms with Crippen molar-refractivity contribution in [3.8, 4) is 0 Å². The molecule has 0 radical (unpaired) electrons. The molecule has 1 heterocycles. The van der Waals surface area contributed by atoms with Crippen molar-refractivity contribution in [1.29, 1.82) is 0 Å². The summed E-state index contributed by atoms with van der Waals surface area (Å²) in [6.45, 7) is 1.81. The van der Waals surface area contributed by atoms with Crippen LogP contribution in [0, 0.1) is 6.92 Å². The lowest BCUT2D eigenvalue weighted by molar-refractivity contribution is 0.240. The molecule has 1 fully saturated rings. The lowest BCUT2D eigenvalue weighted by Crippen LogP contribution is -2.43. The van der Waals surface area contributed by atoms with Crippen molar-refractivity contribution in [2.75, 3.05) is 5.32 Å². The van der Waals surface area contributed by atoms with Gasteiger partial charge < -0.3 is 5.32 Å². The minimum Gasteiger partial charge on any atom is -0.334 e. The van der Waals surface area contributed by atoms with E-state index in [2.05, 4.69) is 44.3 Å². The molecule has 2 N–H and O–H groups in total. The second kappa shape index (κ2) is 6.87. The third-order valence-electron chi connectivity index (χ3n) is 4.06. The molecular weight excluding hydrogens is 296 g/mol. The second-order valence-corrected chi connectivity index (χ2v) is 6.41. The zero-order valence-electron chi connectivity index (χ0n) is 12.6. The van der Waals surface area contributed by atoms with Crippen LogP contribution in [-0.4, -0.2) is 21.4 Å². The van der Waals surface area contributed by atoms with Crippen molar-refractivity contribution in [3.05, 3.63) is 41.7 Å². The van der Waals surface area contributed by atoms with Gasteiger partial charge in [-0.2, -0.15) is 4.37 Å². The van der Waals surface area contributed by atoms with E-state index < -0.39 is 0 Å². The maximum absolute atomic E-state index is 12.2. The van der Waals surface area contributed by atoms with Gasteiger partial charge in [0, 0.05) is 23.5 Å². The molecule has 1 aromatic heterocycles. The molecule has 2 amide bonds. The number of rotatable bonds is 3. The van der Waals surface area contributed by atoms with Crippen molar-refractivity contribution in [2.45, 2.75) is 44.6 Å².